The second-order valence-corrected chi connectivity index (χ2v) is 6.71. The van der Waals surface area contributed by atoms with Crippen LogP contribution in [0.4, 0.5) is 0 Å². The molecule has 3 rings (SSSR count). The SMILES string of the molecule is C/C=C/c1ccc([C@H]2[C@@H](CO)N[C@@H]2CNC(=O)CC2CC2)cc1. The van der Waals surface area contributed by atoms with E-state index in [2.05, 4.69) is 41.0 Å². The lowest BCUT2D eigenvalue weighted by Crippen LogP contribution is -2.64. The minimum Gasteiger partial charge on any atom is -0.395 e. The fraction of sp³-hybridized carbons (Fsp3) is 0.526. The molecule has 0 bridgehead atoms. The van der Waals surface area contributed by atoms with Crippen molar-refractivity contribution < 1.29 is 9.90 Å². The molecule has 124 valence electrons. The first-order valence-corrected chi connectivity index (χ1v) is 8.57. The number of aliphatic hydroxyl groups is 1. The summed E-state index contributed by atoms with van der Waals surface area (Å²) >= 11 is 0. The van der Waals surface area contributed by atoms with Crippen LogP contribution in [0.5, 0.6) is 0 Å². The van der Waals surface area contributed by atoms with Gasteiger partial charge in [-0.2, -0.15) is 0 Å². The summed E-state index contributed by atoms with van der Waals surface area (Å²) in [6, 6.07) is 8.73. The number of allylic oxidation sites excluding steroid dienone is 1. The third kappa shape index (κ3) is 4.01. The summed E-state index contributed by atoms with van der Waals surface area (Å²) in [4.78, 5) is 11.9. The number of aliphatic hydroxyl groups excluding tert-OH is 1. The van der Waals surface area contributed by atoms with Crippen molar-refractivity contribution in [3.63, 3.8) is 0 Å². The standard InChI is InChI=1S/C19H26N2O2/c1-2-3-13-6-8-15(9-7-13)19-16(21-17(19)12-22)11-20-18(23)10-14-4-5-14/h2-3,6-9,14,16-17,19,21-22H,4-5,10-12H2,1H3,(H,20,23)/b3-2+/t16-,17-,19-/m1/s1. The molecule has 4 nitrogen and oxygen atoms in total. The average molecular weight is 314 g/mol. The van der Waals surface area contributed by atoms with Crippen LogP contribution in [0.2, 0.25) is 0 Å². The number of rotatable bonds is 7. The van der Waals surface area contributed by atoms with Crippen molar-refractivity contribution >= 4 is 12.0 Å². The van der Waals surface area contributed by atoms with Crippen LogP contribution < -0.4 is 10.6 Å². The van der Waals surface area contributed by atoms with Gasteiger partial charge in [-0.1, -0.05) is 36.4 Å². The van der Waals surface area contributed by atoms with Crippen LogP contribution in [-0.2, 0) is 4.79 Å². The van der Waals surface area contributed by atoms with Gasteiger partial charge in [-0.15, -0.1) is 0 Å². The van der Waals surface area contributed by atoms with Crippen LogP contribution in [0.3, 0.4) is 0 Å². The van der Waals surface area contributed by atoms with E-state index in [1.165, 1.54) is 24.0 Å². The molecule has 23 heavy (non-hydrogen) atoms. The lowest BCUT2D eigenvalue weighted by Gasteiger charge is -2.46. The molecule has 1 saturated heterocycles. The molecular weight excluding hydrogens is 288 g/mol. The van der Waals surface area contributed by atoms with Crippen molar-refractivity contribution in [3.8, 4) is 0 Å². The van der Waals surface area contributed by atoms with Gasteiger partial charge in [-0.3, -0.25) is 4.79 Å². The molecular formula is C19H26N2O2. The van der Waals surface area contributed by atoms with Crippen LogP contribution in [0.15, 0.2) is 30.3 Å². The predicted octanol–water partition coefficient (Wildman–Crippen LogP) is 2.05. The first-order chi connectivity index (χ1) is 11.2. The van der Waals surface area contributed by atoms with E-state index in [4.69, 9.17) is 0 Å². The summed E-state index contributed by atoms with van der Waals surface area (Å²) in [5.74, 6) is 1.02. The largest absolute Gasteiger partial charge is 0.395 e. The number of benzene rings is 1. The van der Waals surface area contributed by atoms with Crippen molar-refractivity contribution in [1.29, 1.82) is 0 Å². The highest BCUT2D eigenvalue weighted by Gasteiger charge is 2.40. The smallest absolute Gasteiger partial charge is 0.220 e. The molecule has 1 amide bonds. The highest BCUT2D eigenvalue weighted by atomic mass is 16.3. The topological polar surface area (TPSA) is 61.4 Å². The maximum Gasteiger partial charge on any atom is 0.220 e. The Kier molecular flexibility index (Phi) is 5.13. The van der Waals surface area contributed by atoms with Gasteiger partial charge in [-0.05, 0) is 36.8 Å². The third-order valence-electron chi connectivity index (χ3n) is 4.86. The highest BCUT2D eigenvalue weighted by molar-refractivity contribution is 5.76. The molecule has 0 radical (unpaired) electrons. The minimum atomic E-state index is 0.0768. The van der Waals surface area contributed by atoms with E-state index in [0.717, 1.165) is 0 Å². The van der Waals surface area contributed by atoms with Gasteiger partial charge in [0.15, 0.2) is 0 Å². The van der Waals surface area contributed by atoms with Crippen molar-refractivity contribution in [2.45, 2.75) is 44.2 Å². The lowest BCUT2D eigenvalue weighted by molar-refractivity contribution is -0.121. The molecule has 1 saturated carbocycles. The van der Waals surface area contributed by atoms with Gasteiger partial charge in [0.2, 0.25) is 5.91 Å². The predicted molar refractivity (Wildman–Crippen MR) is 92.0 cm³/mol. The van der Waals surface area contributed by atoms with Crippen molar-refractivity contribution in [2.24, 2.45) is 5.92 Å². The molecule has 0 spiro atoms. The molecule has 1 aromatic carbocycles. The van der Waals surface area contributed by atoms with Crippen LogP contribution in [0.25, 0.3) is 6.08 Å². The molecule has 2 fully saturated rings. The number of hydrogen-bond donors (Lipinski definition) is 3. The maximum atomic E-state index is 11.9. The fourth-order valence-corrected chi connectivity index (χ4v) is 3.36. The zero-order valence-corrected chi connectivity index (χ0v) is 13.7. The second kappa shape index (κ2) is 7.28. The van der Waals surface area contributed by atoms with Crippen molar-refractivity contribution in [1.82, 2.24) is 10.6 Å². The first kappa shape index (κ1) is 16.2. The van der Waals surface area contributed by atoms with Gasteiger partial charge in [-0.25, -0.2) is 0 Å². The Hall–Kier alpha value is -1.65. The Bertz CT molecular complexity index is 563. The quantitative estimate of drug-likeness (QED) is 0.722. The van der Waals surface area contributed by atoms with Crippen LogP contribution in [0.1, 0.15) is 43.2 Å². The van der Waals surface area contributed by atoms with Gasteiger partial charge in [0.25, 0.3) is 0 Å². The molecule has 1 aliphatic carbocycles. The second-order valence-electron chi connectivity index (χ2n) is 6.71. The lowest BCUT2D eigenvalue weighted by atomic mass is 9.77. The number of hydrogen-bond acceptors (Lipinski definition) is 3. The Morgan fingerprint density at radius 1 is 1.30 bits per heavy atom. The average Bonchev–Trinajstić information content (AvgIpc) is 3.32. The van der Waals surface area contributed by atoms with Gasteiger partial charge < -0.3 is 15.7 Å². The molecule has 3 N–H and O–H groups in total. The molecule has 0 unspecified atom stereocenters. The third-order valence-corrected chi connectivity index (χ3v) is 4.86. The molecule has 1 heterocycles. The Labute approximate surface area is 138 Å². The Morgan fingerprint density at radius 3 is 2.65 bits per heavy atom. The fourth-order valence-electron chi connectivity index (χ4n) is 3.36. The molecule has 0 aromatic heterocycles. The summed E-state index contributed by atoms with van der Waals surface area (Å²) < 4.78 is 0. The van der Waals surface area contributed by atoms with E-state index in [9.17, 15) is 9.90 Å². The number of carbonyl (C=O) groups excluding carboxylic acids is 1. The molecule has 1 aliphatic heterocycles. The monoisotopic (exact) mass is 314 g/mol. The summed E-state index contributed by atoms with van der Waals surface area (Å²) in [5, 5.41) is 15.9. The van der Waals surface area contributed by atoms with Crippen molar-refractivity contribution in [3.05, 3.63) is 41.5 Å². The highest BCUT2D eigenvalue weighted by Crippen LogP contribution is 2.33. The number of amides is 1. The van der Waals surface area contributed by atoms with E-state index in [0.29, 0.717) is 18.9 Å². The van der Waals surface area contributed by atoms with Crippen molar-refractivity contribution in [2.75, 3.05) is 13.2 Å². The van der Waals surface area contributed by atoms with E-state index in [1.807, 2.05) is 13.0 Å². The van der Waals surface area contributed by atoms with Gasteiger partial charge in [0, 0.05) is 31.0 Å². The van der Waals surface area contributed by atoms with Gasteiger partial charge in [0.1, 0.15) is 0 Å². The van der Waals surface area contributed by atoms with E-state index in [1.54, 1.807) is 0 Å². The summed E-state index contributed by atoms with van der Waals surface area (Å²) in [7, 11) is 0. The summed E-state index contributed by atoms with van der Waals surface area (Å²) in [6.45, 7) is 2.75. The summed E-state index contributed by atoms with van der Waals surface area (Å²) in [6.07, 6.45) is 7.15. The zero-order chi connectivity index (χ0) is 16.2. The number of carbonyl (C=O) groups is 1. The molecule has 1 aromatic rings. The van der Waals surface area contributed by atoms with E-state index in [-0.39, 0.29) is 30.5 Å². The van der Waals surface area contributed by atoms with E-state index >= 15 is 0 Å². The van der Waals surface area contributed by atoms with Crippen LogP contribution in [0, 0.1) is 5.92 Å². The minimum absolute atomic E-state index is 0.0768. The van der Waals surface area contributed by atoms with E-state index < -0.39 is 0 Å². The zero-order valence-electron chi connectivity index (χ0n) is 13.7. The van der Waals surface area contributed by atoms with Crippen LogP contribution in [-0.4, -0.2) is 36.2 Å². The first-order valence-electron chi connectivity index (χ1n) is 8.57. The summed E-state index contributed by atoms with van der Waals surface area (Å²) in [5.41, 5.74) is 2.40. The maximum absolute atomic E-state index is 11.9. The normalized spacial score (nSPS) is 27.0. The Balaban J connectivity index is 1.58. The molecule has 4 heteroatoms. The van der Waals surface area contributed by atoms with Crippen LogP contribution >= 0.6 is 0 Å². The number of nitrogens with one attached hydrogen (secondary N) is 2. The van der Waals surface area contributed by atoms with Gasteiger partial charge in [0.05, 0.1) is 6.61 Å². The molecule has 2 aliphatic rings. The molecule has 3 atom stereocenters. The van der Waals surface area contributed by atoms with Gasteiger partial charge >= 0.3 is 0 Å². The Morgan fingerprint density at radius 2 is 2.04 bits per heavy atom.